The Kier molecular flexibility index (Phi) is 3.47. The Balaban J connectivity index is 1.75. The molecule has 0 aliphatic heterocycles. The summed E-state index contributed by atoms with van der Waals surface area (Å²) < 4.78 is 1.63. The first kappa shape index (κ1) is 14.1. The average molecular weight is 315 g/mol. The van der Waals surface area contributed by atoms with Crippen molar-refractivity contribution in [1.82, 2.24) is 19.6 Å². The Morgan fingerprint density at radius 2 is 1.75 bits per heavy atom. The van der Waals surface area contributed by atoms with Gasteiger partial charge in [0.05, 0.1) is 17.6 Å². The first-order valence-electron chi connectivity index (χ1n) is 7.43. The Hall–Kier alpha value is -3.54. The van der Waals surface area contributed by atoms with E-state index in [4.69, 9.17) is 0 Å². The second-order valence-electron chi connectivity index (χ2n) is 5.16. The first-order valence-corrected chi connectivity index (χ1v) is 7.43. The van der Waals surface area contributed by atoms with Crippen molar-refractivity contribution in [2.24, 2.45) is 0 Å². The molecule has 0 unspecified atom stereocenters. The van der Waals surface area contributed by atoms with Crippen LogP contribution in [0.2, 0.25) is 0 Å². The molecule has 6 heteroatoms. The molecule has 0 aliphatic carbocycles. The number of fused-ring (bicyclic) bond motifs is 1. The lowest BCUT2D eigenvalue weighted by atomic mass is 10.2. The minimum atomic E-state index is -0.248. The minimum Gasteiger partial charge on any atom is -0.322 e. The fraction of sp³-hybridized carbons (Fsp3) is 0. The number of anilines is 1. The van der Waals surface area contributed by atoms with Crippen LogP contribution in [0.4, 0.5) is 5.69 Å². The van der Waals surface area contributed by atoms with Crippen LogP contribution in [0.1, 0.15) is 10.4 Å². The lowest BCUT2D eigenvalue weighted by Crippen LogP contribution is -2.12. The molecule has 4 rings (SSSR count). The van der Waals surface area contributed by atoms with E-state index in [-0.39, 0.29) is 5.91 Å². The van der Waals surface area contributed by atoms with Crippen LogP contribution in [0.3, 0.4) is 0 Å². The maximum absolute atomic E-state index is 12.5. The predicted molar refractivity (Wildman–Crippen MR) is 90.6 cm³/mol. The van der Waals surface area contributed by atoms with Gasteiger partial charge >= 0.3 is 0 Å². The number of carbonyl (C=O) groups is 1. The molecule has 3 aromatic heterocycles. The number of hydrogen-bond acceptors (Lipinski definition) is 4. The summed E-state index contributed by atoms with van der Waals surface area (Å²) in [5.74, 6) is -0.248. The van der Waals surface area contributed by atoms with E-state index < -0.39 is 0 Å². The molecular formula is C18H13N5O. The topological polar surface area (TPSA) is 72.2 Å². The summed E-state index contributed by atoms with van der Waals surface area (Å²) in [6.45, 7) is 0. The smallest absolute Gasteiger partial charge is 0.261 e. The normalized spacial score (nSPS) is 10.7. The number of pyridine rings is 1. The van der Waals surface area contributed by atoms with Crippen molar-refractivity contribution < 1.29 is 4.79 Å². The Labute approximate surface area is 137 Å². The maximum Gasteiger partial charge on any atom is 0.261 e. The molecule has 0 fully saturated rings. The molecule has 0 bridgehead atoms. The van der Waals surface area contributed by atoms with Crippen molar-refractivity contribution in [2.45, 2.75) is 0 Å². The van der Waals surface area contributed by atoms with Crippen molar-refractivity contribution in [3.8, 4) is 11.4 Å². The molecule has 0 radical (unpaired) electrons. The highest BCUT2D eigenvalue weighted by Crippen LogP contribution is 2.19. The van der Waals surface area contributed by atoms with Gasteiger partial charge in [0.2, 0.25) is 0 Å². The summed E-state index contributed by atoms with van der Waals surface area (Å²) in [6, 6.07) is 16.7. The van der Waals surface area contributed by atoms with Gasteiger partial charge in [0.15, 0.2) is 5.65 Å². The lowest BCUT2D eigenvalue weighted by molar-refractivity contribution is 0.102. The molecular weight excluding hydrogens is 302 g/mol. The van der Waals surface area contributed by atoms with Crippen molar-refractivity contribution >= 4 is 17.2 Å². The monoisotopic (exact) mass is 315 g/mol. The number of rotatable bonds is 3. The number of hydrogen-bond donors (Lipinski definition) is 1. The number of aromatic nitrogens is 4. The van der Waals surface area contributed by atoms with Gasteiger partial charge in [0.25, 0.3) is 5.91 Å². The molecule has 4 aromatic rings. The minimum absolute atomic E-state index is 0.248. The number of nitrogens with zero attached hydrogens (tertiary/aromatic N) is 4. The van der Waals surface area contributed by atoms with Crippen molar-refractivity contribution in [3.05, 3.63) is 78.8 Å². The zero-order valence-electron chi connectivity index (χ0n) is 12.6. The molecule has 0 atom stereocenters. The largest absolute Gasteiger partial charge is 0.322 e. The summed E-state index contributed by atoms with van der Waals surface area (Å²) in [4.78, 5) is 21.2. The van der Waals surface area contributed by atoms with Gasteiger partial charge in [0, 0.05) is 18.1 Å². The van der Waals surface area contributed by atoms with E-state index in [1.54, 1.807) is 16.9 Å². The first-order chi connectivity index (χ1) is 11.8. The van der Waals surface area contributed by atoms with Crippen LogP contribution < -0.4 is 5.32 Å². The number of carbonyl (C=O) groups excluding carboxylic acids is 1. The summed E-state index contributed by atoms with van der Waals surface area (Å²) in [6.07, 6.45) is 4.89. The highest BCUT2D eigenvalue weighted by atomic mass is 16.1. The Bertz CT molecular complexity index is 996. The summed E-state index contributed by atoms with van der Waals surface area (Å²) in [5, 5.41) is 7.16. The Morgan fingerprint density at radius 3 is 2.54 bits per heavy atom. The SMILES string of the molecule is O=C(Nc1ccccc1)c1cnn2c(-c3ccccn3)ccnc12. The summed E-state index contributed by atoms with van der Waals surface area (Å²) in [5.41, 5.74) is 3.17. The fourth-order valence-corrected chi connectivity index (χ4v) is 2.48. The van der Waals surface area contributed by atoms with E-state index in [9.17, 15) is 4.79 Å². The van der Waals surface area contributed by atoms with Gasteiger partial charge in [-0.1, -0.05) is 24.3 Å². The molecule has 0 saturated carbocycles. The van der Waals surface area contributed by atoms with E-state index in [0.29, 0.717) is 11.2 Å². The van der Waals surface area contributed by atoms with Crippen molar-refractivity contribution in [1.29, 1.82) is 0 Å². The van der Waals surface area contributed by atoms with Crippen LogP contribution in [-0.4, -0.2) is 25.5 Å². The van der Waals surface area contributed by atoms with E-state index in [1.165, 1.54) is 6.20 Å². The van der Waals surface area contributed by atoms with E-state index in [2.05, 4.69) is 20.4 Å². The van der Waals surface area contributed by atoms with Crippen LogP contribution >= 0.6 is 0 Å². The Morgan fingerprint density at radius 1 is 0.917 bits per heavy atom. The number of para-hydroxylation sites is 1. The van der Waals surface area contributed by atoms with Gasteiger partial charge < -0.3 is 5.32 Å². The van der Waals surface area contributed by atoms with Crippen LogP contribution in [0, 0.1) is 0 Å². The lowest BCUT2D eigenvalue weighted by Gasteiger charge is -2.05. The molecule has 1 amide bonds. The fourth-order valence-electron chi connectivity index (χ4n) is 2.48. The number of nitrogens with one attached hydrogen (secondary N) is 1. The summed E-state index contributed by atoms with van der Waals surface area (Å²) >= 11 is 0. The number of amides is 1. The molecule has 6 nitrogen and oxygen atoms in total. The molecule has 3 heterocycles. The molecule has 1 aromatic carbocycles. The third-order valence-electron chi connectivity index (χ3n) is 3.60. The molecule has 24 heavy (non-hydrogen) atoms. The van der Waals surface area contributed by atoms with Crippen molar-refractivity contribution in [2.75, 3.05) is 5.32 Å². The zero-order chi connectivity index (χ0) is 16.4. The third-order valence-corrected chi connectivity index (χ3v) is 3.60. The molecule has 116 valence electrons. The zero-order valence-corrected chi connectivity index (χ0v) is 12.6. The number of benzene rings is 1. The van der Waals surface area contributed by atoms with Gasteiger partial charge in [-0.05, 0) is 30.3 Å². The summed E-state index contributed by atoms with van der Waals surface area (Å²) in [7, 11) is 0. The second kappa shape index (κ2) is 5.92. The van der Waals surface area contributed by atoms with Crippen molar-refractivity contribution in [3.63, 3.8) is 0 Å². The quantitative estimate of drug-likeness (QED) is 0.631. The third kappa shape index (κ3) is 2.50. The van der Waals surface area contributed by atoms with E-state index >= 15 is 0 Å². The average Bonchev–Trinajstić information content (AvgIpc) is 3.07. The second-order valence-corrected chi connectivity index (χ2v) is 5.16. The van der Waals surface area contributed by atoms with Gasteiger partial charge in [0.1, 0.15) is 5.56 Å². The highest BCUT2D eigenvalue weighted by molar-refractivity contribution is 6.08. The molecule has 0 aliphatic rings. The standard InChI is InChI=1S/C18H13N5O/c24-18(22-13-6-2-1-3-7-13)14-12-21-23-16(9-11-20-17(14)23)15-8-4-5-10-19-15/h1-12H,(H,22,24). The molecule has 0 spiro atoms. The van der Waals surface area contributed by atoms with E-state index in [1.807, 2.05) is 54.6 Å². The molecule has 1 N–H and O–H groups in total. The van der Waals surface area contributed by atoms with Gasteiger partial charge in [-0.25, -0.2) is 9.50 Å². The highest BCUT2D eigenvalue weighted by Gasteiger charge is 2.16. The van der Waals surface area contributed by atoms with Gasteiger partial charge in [-0.3, -0.25) is 9.78 Å². The van der Waals surface area contributed by atoms with Gasteiger partial charge in [-0.15, -0.1) is 0 Å². The predicted octanol–water partition coefficient (Wildman–Crippen LogP) is 3.04. The van der Waals surface area contributed by atoms with Crippen LogP contribution in [0.25, 0.3) is 17.0 Å². The van der Waals surface area contributed by atoms with Gasteiger partial charge in [-0.2, -0.15) is 5.10 Å². The van der Waals surface area contributed by atoms with Crippen LogP contribution in [-0.2, 0) is 0 Å². The molecule has 0 saturated heterocycles. The van der Waals surface area contributed by atoms with Crippen LogP contribution in [0.15, 0.2) is 73.2 Å². The van der Waals surface area contributed by atoms with Crippen LogP contribution in [0.5, 0.6) is 0 Å². The van der Waals surface area contributed by atoms with E-state index in [0.717, 1.165) is 17.1 Å². The maximum atomic E-state index is 12.5.